The van der Waals surface area contributed by atoms with E-state index in [1.165, 1.54) is 22.2 Å². The number of amides is 1. The van der Waals surface area contributed by atoms with Gasteiger partial charge in [0.05, 0.1) is 28.6 Å². The van der Waals surface area contributed by atoms with Crippen molar-refractivity contribution >= 4 is 39.2 Å². The number of aryl methyl sites for hydroxylation is 2. The predicted octanol–water partition coefficient (Wildman–Crippen LogP) is 2.56. The van der Waals surface area contributed by atoms with Gasteiger partial charge in [0.2, 0.25) is 0 Å². The van der Waals surface area contributed by atoms with Gasteiger partial charge in [0.25, 0.3) is 11.5 Å². The van der Waals surface area contributed by atoms with E-state index >= 15 is 0 Å². The summed E-state index contributed by atoms with van der Waals surface area (Å²) in [6.07, 6.45) is 3.13. The topological polar surface area (TPSA) is 77.1 Å². The van der Waals surface area contributed by atoms with E-state index in [2.05, 4.69) is 10.3 Å². The Morgan fingerprint density at radius 2 is 2.33 bits per heavy atom. The molecule has 8 heteroatoms. The van der Waals surface area contributed by atoms with E-state index in [1.807, 2.05) is 12.1 Å². The monoisotopic (exact) mass is 363 g/mol. The van der Waals surface area contributed by atoms with Crippen LogP contribution in [0, 0.1) is 6.92 Å². The highest BCUT2D eigenvalue weighted by molar-refractivity contribution is 7.98. The molecule has 0 radical (unpaired) electrons. The fourth-order valence-corrected chi connectivity index (χ4v) is 4.12. The van der Waals surface area contributed by atoms with Gasteiger partial charge in [-0.2, -0.15) is 11.8 Å². The van der Waals surface area contributed by atoms with Crippen molar-refractivity contribution in [3.05, 3.63) is 51.3 Å². The van der Waals surface area contributed by atoms with Gasteiger partial charge >= 0.3 is 0 Å². The van der Waals surface area contributed by atoms with Gasteiger partial charge in [-0.15, -0.1) is 11.3 Å². The molecule has 3 heterocycles. The molecular weight excluding hydrogens is 346 g/mol. The van der Waals surface area contributed by atoms with E-state index < -0.39 is 0 Å². The number of carbonyl (C=O) groups excluding carboxylic acids is 1. The molecule has 0 fully saturated rings. The summed E-state index contributed by atoms with van der Waals surface area (Å²) in [6.45, 7) is 2.35. The van der Waals surface area contributed by atoms with Crippen LogP contribution in [0.1, 0.15) is 21.0 Å². The number of carbonyl (C=O) groups is 1. The van der Waals surface area contributed by atoms with E-state index in [0.29, 0.717) is 27.2 Å². The summed E-state index contributed by atoms with van der Waals surface area (Å²) < 4.78 is 6.68. The average Bonchev–Trinajstić information content (AvgIpc) is 3.19. The zero-order valence-corrected chi connectivity index (χ0v) is 15.0. The highest BCUT2D eigenvalue weighted by Crippen LogP contribution is 2.26. The third-order valence-electron chi connectivity index (χ3n) is 3.57. The van der Waals surface area contributed by atoms with Gasteiger partial charge in [0.1, 0.15) is 10.6 Å². The number of thioether (sulfide) groups is 1. The third kappa shape index (κ3) is 3.39. The number of nitrogens with zero attached hydrogens (tertiary/aromatic N) is 2. The number of hydrogen-bond donors (Lipinski definition) is 1. The molecule has 3 aromatic heterocycles. The van der Waals surface area contributed by atoms with Crippen molar-refractivity contribution in [1.82, 2.24) is 14.9 Å². The van der Waals surface area contributed by atoms with Crippen molar-refractivity contribution in [1.29, 1.82) is 0 Å². The summed E-state index contributed by atoms with van der Waals surface area (Å²) in [5.74, 6) is 2.34. The maximum Gasteiger partial charge on any atom is 0.262 e. The zero-order chi connectivity index (χ0) is 17.1. The van der Waals surface area contributed by atoms with Crippen LogP contribution < -0.4 is 10.9 Å². The van der Waals surface area contributed by atoms with Crippen molar-refractivity contribution in [3.63, 3.8) is 0 Å². The maximum absolute atomic E-state index is 12.4. The molecule has 1 N–H and O–H groups in total. The summed E-state index contributed by atoms with van der Waals surface area (Å²) in [6, 6.07) is 3.79. The summed E-state index contributed by atoms with van der Waals surface area (Å²) in [4.78, 5) is 29.9. The Morgan fingerprint density at radius 3 is 3.08 bits per heavy atom. The first kappa shape index (κ1) is 16.8. The number of thiophene rings is 1. The number of fused-ring (bicyclic) bond motifs is 1. The molecule has 0 aliphatic carbocycles. The minimum Gasteiger partial charge on any atom is -0.468 e. The average molecular weight is 363 g/mol. The van der Waals surface area contributed by atoms with E-state index in [1.54, 1.807) is 32.0 Å². The largest absolute Gasteiger partial charge is 0.468 e. The Bertz CT molecular complexity index is 913. The van der Waals surface area contributed by atoms with Gasteiger partial charge in [0.15, 0.2) is 0 Å². The van der Waals surface area contributed by atoms with Crippen LogP contribution in [-0.4, -0.2) is 27.8 Å². The lowest BCUT2D eigenvalue weighted by atomic mass is 10.2. The van der Waals surface area contributed by atoms with E-state index in [-0.39, 0.29) is 11.5 Å². The Kier molecular flexibility index (Phi) is 5.06. The molecule has 1 amide bonds. The zero-order valence-electron chi connectivity index (χ0n) is 13.4. The van der Waals surface area contributed by atoms with Gasteiger partial charge < -0.3 is 14.3 Å². The second-order valence-corrected chi connectivity index (χ2v) is 7.39. The number of rotatable bonds is 6. The van der Waals surface area contributed by atoms with Gasteiger partial charge in [-0.25, -0.2) is 4.98 Å². The van der Waals surface area contributed by atoms with Gasteiger partial charge in [-0.05, 0) is 24.6 Å². The molecular formula is C16H17N3O3S2. The number of furan rings is 1. The molecule has 0 atom stereocenters. The summed E-state index contributed by atoms with van der Waals surface area (Å²) in [7, 11) is 1.65. The molecule has 6 nitrogen and oxygen atoms in total. The number of aromatic nitrogens is 2. The molecule has 0 aliphatic heterocycles. The van der Waals surface area contributed by atoms with Crippen LogP contribution in [0.3, 0.4) is 0 Å². The van der Waals surface area contributed by atoms with Crippen molar-refractivity contribution in [2.45, 2.75) is 12.7 Å². The van der Waals surface area contributed by atoms with Gasteiger partial charge in [-0.1, -0.05) is 0 Å². The molecule has 0 bridgehead atoms. The first-order valence-corrected chi connectivity index (χ1v) is 9.38. The molecule has 0 unspecified atom stereocenters. The fraction of sp³-hybridized carbons (Fsp3) is 0.312. The normalized spacial score (nSPS) is 11.1. The lowest BCUT2D eigenvalue weighted by molar-refractivity contribution is 0.0960. The van der Waals surface area contributed by atoms with Crippen LogP contribution in [-0.2, 0) is 12.8 Å². The van der Waals surface area contributed by atoms with Crippen molar-refractivity contribution in [3.8, 4) is 0 Å². The highest BCUT2D eigenvalue weighted by Gasteiger charge is 2.18. The first-order chi connectivity index (χ1) is 11.6. The minimum absolute atomic E-state index is 0.123. The lowest BCUT2D eigenvalue weighted by Crippen LogP contribution is -2.25. The Morgan fingerprint density at radius 1 is 1.50 bits per heavy atom. The molecule has 3 rings (SSSR count). The summed E-state index contributed by atoms with van der Waals surface area (Å²) in [5.41, 5.74) is 0.575. The van der Waals surface area contributed by atoms with E-state index in [9.17, 15) is 9.59 Å². The molecule has 24 heavy (non-hydrogen) atoms. The van der Waals surface area contributed by atoms with Crippen LogP contribution in [0.25, 0.3) is 10.2 Å². The van der Waals surface area contributed by atoms with Crippen molar-refractivity contribution < 1.29 is 9.21 Å². The predicted molar refractivity (Wildman–Crippen MR) is 96.8 cm³/mol. The van der Waals surface area contributed by atoms with E-state index in [4.69, 9.17) is 4.42 Å². The first-order valence-electron chi connectivity index (χ1n) is 7.41. The van der Waals surface area contributed by atoms with Crippen molar-refractivity contribution in [2.24, 2.45) is 7.05 Å². The quantitative estimate of drug-likeness (QED) is 0.681. The molecule has 3 aromatic rings. The van der Waals surface area contributed by atoms with Crippen LogP contribution in [0.2, 0.25) is 0 Å². The number of hydrogen-bond acceptors (Lipinski definition) is 6. The second-order valence-electron chi connectivity index (χ2n) is 5.28. The van der Waals surface area contributed by atoms with Gasteiger partial charge in [-0.3, -0.25) is 9.59 Å². The van der Waals surface area contributed by atoms with Crippen LogP contribution in [0.5, 0.6) is 0 Å². The lowest BCUT2D eigenvalue weighted by Gasteiger charge is -2.04. The fourth-order valence-electron chi connectivity index (χ4n) is 2.31. The molecule has 0 spiro atoms. The van der Waals surface area contributed by atoms with Crippen LogP contribution >= 0.6 is 23.1 Å². The maximum atomic E-state index is 12.4. The van der Waals surface area contributed by atoms with Crippen molar-refractivity contribution in [2.75, 3.05) is 12.3 Å². The smallest absolute Gasteiger partial charge is 0.262 e. The van der Waals surface area contributed by atoms with Crippen LogP contribution in [0.15, 0.2) is 33.9 Å². The minimum atomic E-state index is -0.156. The molecule has 0 saturated heterocycles. The molecule has 0 aromatic carbocycles. The molecule has 0 saturated carbocycles. The Hall–Kier alpha value is -2.06. The van der Waals surface area contributed by atoms with Gasteiger partial charge in [0, 0.05) is 19.3 Å². The third-order valence-corrected chi connectivity index (χ3v) is 5.75. The van der Waals surface area contributed by atoms with E-state index in [0.717, 1.165) is 17.3 Å². The van der Waals surface area contributed by atoms with Crippen LogP contribution in [0.4, 0.5) is 0 Å². The standard InChI is InChI=1S/C16H17N3O3S2/c1-10-12-15(18-9-19(2)16(12)21)24-13(10)14(20)17-5-7-23-8-11-4-3-6-22-11/h3-4,6,9H,5,7-8H2,1-2H3,(H,17,20). The summed E-state index contributed by atoms with van der Waals surface area (Å²) >= 11 is 2.95. The Balaban J connectivity index is 1.61. The Labute approximate surface area is 146 Å². The summed E-state index contributed by atoms with van der Waals surface area (Å²) in [5, 5.41) is 3.43. The number of nitrogens with one attached hydrogen (secondary N) is 1. The molecule has 126 valence electrons. The highest BCUT2D eigenvalue weighted by atomic mass is 32.2. The SMILES string of the molecule is Cc1c(C(=O)NCCSCc2ccco2)sc2ncn(C)c(=O)c12. The molecule has 0 aliphatic rings. The second kappa shape index (κ2) is 7.23.